The Bertz CT molecular complexity index is 608. The molecule has 1 saturated heterocycles. The van der Waals surface area contributed by atoms with Crippen LogP contribution in [0.1, 0.15) is 30.6 Å². The quantitative estimate of drug-likeness (QED) is 0.685. The SMILES string of the molecule is CC1OCCC1(C)NC(=O)c1cc(F)c(F)cc1[N+](=O)[O-]. The lowest BCUT2D eigenvalue weighted by Crippen LogP contribution is -2.50. The van der Waals surface area contributed by atoms with E-state index in [1.165, 1.54) is 0 Å². The van der Waals surface area contributed by atoms with Gasteiger partial charge in [-0.3, -0.25) is 14.9 Å². The number of nitrogens with one attached hydrogen (secondary N) is 1. The van der Waals surface area contributed by atoms with E-state index in [0.29, 0.717) is 25.2 Å². The van der Waals surface area contributed by atoms with Crippen LogP contribution in [0.15, 0.2) is 12.1 Å². The van der Waals surface area contributed by atoms with Crippen LogP contribution in [0.2, 0.25) is 0 Å². The monoisotopic (exact) mass is 300 g/mol. The normalized spacial score (nSPS) is 24.9. The number of amides is 1. The van der Waals surface area contributed by atoms with Crippen LogP contribution in [0.3, 0.4) is 0 Å². The van der Waals surface area contributed by atoms with Crippen LogP contribution in [0.5, 0.6) is 0 Å². The average molecular weight is 300 g/mol. The highest BCUT2D eigenvalue weighted by Crippen LogP contribution is 2.27. The van der Waals surface area contributed by atoms with Crippen molar-refractivity contribution in [1.29, 1.82) is 0 Å². The Morgan fingerprint density at radius 1 is 1.48 bits per heavy atom. The van der Waals surface area contributed by atoms with Crippen LogP contribution in [-0.2, 0) is 4.74 Å². The van der Waals surface area contributed by atoms with Crippen LogP contribution < -0.4 is 5.32 Å². The van der Waals surface area contributed by atoms with E-state index in [-0.39, 0.29) is 6.10 Å². The summed E-state index contributed by atoms with van der Waals surface area (Å²) in [5.41, 5.74) is -2.00. The van der Waals surface area contributed by atoms with Crippen molar-refractivity contribution in [3.8, 4) is 0 Å². The van der Waals surface area contributed by atoms with Gasteiger partial charge in [0.1, 0.15) is 5.56 Å². The van der Waals surface area contributed by atoms with Gasteiger partial charge in [0.25, 0.3) is 11.6 Å². The molecule has 1 N–H and O–H groups in total. The molecule has 114 valence electrons. The Morgan fingerprint density at radius 2 is 2.10 bits per heavy atom. The summed E-state index contributed by atoms with van der Waals surface area (Å²) in [6.45, 7) is 3.93. The first-order chi connectivity index (χ1) is 9.74. The summed E-state index contributed by atoms with van der Waals surface area (Å²) in [7, 11) is 0. The molecule has 0 aliphatic carbocycles. The van der Waals surface area contributed by atoms with E-state index in [2.05, 4.69) is 5.32 Å². The smallest absolute Gasteiger partial charge is 0.285 e. The average Bonchev–Trinajstić information content (AvgIpc) is 2.71. The Balaban J connectivity index is 2.35. The van der Waals surface area contributed by atoms with Crippen molar-refractivity contribution in [2.24, 2.45) is 0 Å². The molecule has 0 aromatic heterocycles. The third-order valence-electron chi connectivity index (χ3n) is 3.77. The van der Waals surface area contributed by atoms with Crippen molar-refractivity contribution in [1.82, 2.24) is 5.32 Å². The Labute approximate surface area is 119 Å². The summed E-state index contributed by atoms with van der Waals surface area (Å²) in [4.78, 5) is 22.1. The minimum Gasteiger partial charge on any atom is -0.376 e. The van der Waals surface area contributed by atoms with Gasteiger partial charge in [-0.1, -0.05) is 0 Å². The minimum atomic E-state index is -1.37. The Kier molecular flexibility index (Phi) is 3.91. The maximum absolute atomic E-state index is 13.3. The molecule has 1 heterocycles. The second-order valence-electron chi connectivity index (χ2n) is 5.18. The molecule has 0 saturated carbocycles. The van der Waals surface area contributed by atoms with Gasteiger partial charge in [0.2, 0.25) is 0 Å². The molecule has 8 heteroatoms. The molecular formula is C13H14F2N2O4. The lowest BCUT2D eigenvalue weighted by atomic mass is 9.94. The van der Waals surface area contributed by atoms with Gasteiger partial charge in [-0.05, 0) is 26.3 Å². The topological polar surface area (TPSA) is 81.5 Å². The second kappa shape index (κ2) is 5.36. The number of carbonyl (C=O) groups excluding carboxylic acids is 1. The molecule has 1 fully saturated rings. The standard InChI is InChI=1S/C13H14F2N2O4/c1-7-13(2,3-4-21-7)16-12(18)8-5-9(14)10(15)6-11(8)17(19)20/h5-7H,3-4H2,1-2H3,(H,16,18). The van der Waals surface area contributed by atoms with Gasteiger partial charge in [0, 0.05) is 6.61 Å². The molecule has 1 aromatic carbocycles. The molecular weight excluding hydrogens is 286 g/mol. The van der Waals surface area contributed by atoms with Gasteiger partial charge in [-0.25, -0.2) is 8.78 Å². The first kappa shape index (κ1) is 15.3. The van der Waals surface area contributed by atoms with E-state index in [4.69, 9.17) is 4.74 Å². The van der Waals surface area contributed by atoms with Crippen LogP contribution in [0.25, 0.3) is 0 Å². The fourth-order valence-corrected chi connectivity index (χ4v) is 2.19. The second-order valence-corrected chi connectivity index (χ2v) is 5.18. The zero-order valence-electron chi connectivity index (χ0n) is 11.5. The van der Waals surface area contributed by atoms with Gasteiger partial charge in [0.05, 0.1) is 22.6 Å². The van der Waals surface area contributed by atoms with E-state index in [9.17, 15) is 23.7 Å². The number of carbonyl (C=O) groups is 1. The van der Waals surface area contributed by atoms with Crippen molar-refractivity contribution >= 4 is 11.6 Å². The summed E-state index contributed by atoms with van der Waals surface area (Å²) in [6, 6.07) is 0.938. The molecule has 1 aromatic rings. The van der Waals surface area contributed by atoms with Gasteiger partial charge in [0.15, 0.2) is 11.6 Å². The van der Waals surface area contributed by atoms with Gasteiger partial charge >= 0.3 is 0 Å². The summed E-state index contributed by atoms with van der Waals surface area (Å²) in [6.07, 6.45) is 0.239. The summed E-state index contributed by atoms with van der Waals surface area (Å²) >= 11 is 0. The van der Waals surface area contributed by atoms with Gasteiger partial charge in [-0.15, -0.1) is 0 Å². The van der Waals surface area contributed by atoms with E-state index in [1.54, 1.807) is 13.8 Å². The van der Waals surface area contributed by atoms with Gasteiger partial charge in [-0.2, -0.15) is 0 Å². The molecule has 2 rings (SSSR count). The number of nitrogens with zero attached hydrogens (tertiary/aromatic N) is 1. The summed E-state index contributed by atoms with van der Waals surface area (Å²) in [5, 5.41) is 13.5. The first-order valence-corrected chi connectivity index (χ1v) is 6.32. The molecule has 1 aliphatic heterocycles. The van der Waals surface area contributed by atoms with Crippen LogP contribution in [-0.4, -0.2) is 29.1 Å². The number of benzene rings is 1. The maximum atomic E-state index is 13.3. The molecule has 2 atom stereocenters. The first-order valence-electron chi connectivity index (χ1n) is 6.32. The van der Waals surface area contributed by atoms with E-state index >= 15 is 0 Å². The van der Waals surface area contributed by atoms with E-state index in [0.717, 1.165) is 0 Å². The van der Waals surface area contributed by atoms with Crippen LogP contribution in [0, 0.1) is 21.7 Å². The van der Waals surface area contributed by atoms with E-state index < -0.39 is 39.3 Å². The highest BCUT2D eigenvalue weighted by Gasteiger charge is 2.39. The third-order valence-corrected chi connectivity index (χ3v) is 3.77. The highest BCUT2D eigenvalue weighted by molar-refractivity contribution is 5.98. The predicted molar refractivity (Wildman–Crippen MR) is 68.9 cm³/mol. The van der Waals surface area contributed by atoms with Crippen molar-refractivity contribution in [2.45, 2.75) is 31.9 Å². The Morgan fingerprint density at radius 3 is 2.62 bits per heavy atom. The number of hydrogen-bond acceptors (Lipinski definition) is 4. The molecule has 21 heavy (non-hydrogen) atoms. The lowest BCUT2D eigenvalue weighted by molar-refractivity contribution is -0.385. The van der Waals surface area contributed by atoms with Crippen molar-refractivity contribution in [3.63, 3.8) is 0 Å². The molecule has 6 nitrogen and oxygen atoms in total. The number of rotatable bonds is 3. The predicted octanol–water partition coefficient (Wildman–Crippen LogP) is 2.17. The molecule has 0 radical (unpaired) electrons. The van der Waals surface area contributed by atoms with Crippen molar-refractivity contribution < 1.29 is 23.2 Å². The van der Waals surface area contributed by atoms with Gasteiger partial charge < -0.3 is 10.1 Å². The molecule has 0 spiro atoms. The number of nitro benzene ring substituents is 1. The van der Waals surface area contributed by atoms with Crippen molar-refractivity contribution in [2.75, 3.05) is 6.61 Å². The minimum absolute atomic E-state index is 0.286. The molecule has 1 aliphatic rings. The highest BCUT2D eigenvalue weighted by atomic mass is 19.2. The molecule has 2 unspecified atom stereocenters. The van der Waals surface area contributed by atoms with E-state index in [1.807, 2.05) is 0 Å². The Hall–Kier alpha value is -2.09. The number of hydrogen-bond donors (Lipinski definition) is 1. The largest absolute Gasteiger partial charge is 0.376 e. The maximum Gasteiger partial charge on any atom is 0.285 e. The third kappa shape index (κ3) is 2.85. The van der Waals surface area contributed by atoms with Crippen LogP contribution >= 0.6 is 0 Å². The lowest BCUT2D eigenvalue weighted by Gasteiger charge is -2.28. The number of ether oxygens (including phenoxy) is 1. The molecule has 0 bridgehead atoms. The number of nitro groups is 1. The zero-order valence-corrected chi connectivity index (χ0v) is 11.5. The zero-order chi connectivity index (χ0) is 15.8. The summed E-state index contributed by atoms with van der Waals surface area (Å²) < 4.78 is 31.7. The molecule has 1 amide bonds. The van der Waals surface area contributed by atoms with Crippen molar-refractivity contribution in [3.05, 3.63) is 39.4 Å². The van der Waals surface area contributed by atoms with Crippen LogP contribution in [0.4, 0.5) is 14.5 Å². The summed E-state index contributed by atoms with van der Waals surface area (Å²) in [5.74, 6) is -3.52. The fourth-order valence-electron chi connectivity index (χ4n) is 2.19. The fraction of sp³-hybridized carbons (Fsp3) is 0.462. The number of halogens is 2.